The van der Waals surface area contributed by atoms with E-state index in [-0.39, 0.29) is 28.1 Å². The lowest BCUT2D eigenvalue weighted by atomic mass is 10.1. The van der Waals surface area contributed by atoms with Crippen LogP contribution in [0.15, 0.2) is 57.4 Å². The lowest BCUT2D eigenvalue weighted by Gasteiger charge is -2.05. The SMILES string of the molecule is CC(=O)c1ccc(NC(=O)CSc2nnc(NC(=O)c3c(-c4ccccc4Cl)noc3C)s2)cc1. The molecule has 0 aliphatic heterocycles. The van der Waals surface area contributed by atoms with E-state index in [0.717, 1.165) is 11.3 Å². The van der Waals surface area contributed by atoms with Crippen LogP contribution < -0.4 is 10.6 Å². The normalized spacial score (nSPS) is 10.7. The molecule has 12 heteroatoms. The predicted molar refractivity (Wildman–Crippen MR) is 135 cm³/mol. The van der Waals surface area contributed by atoms with Crippen LogP contribution in [0.3, 0.4) is 0 Å². The average molecular weight is 528 g/mol. The molecule has 2 aromatic heterocycles. The molecule has 0 saturated heterocycles. The number of thioether (sulfide) groups is 1. The van der Waals surface area contributed by atoms with E-state index in [1.807, 2.05) is 0 Å². The largest absolute Gasteiger partial charge is 0.360 e. The Bertz CT molecular complexity index is 1400. The van der Waals surface area contributed by atoms with Gasteiger partial charge in [0.2, 0.25) is 11.0 Å². The summed E-state index contributed by atoms with van der Waals surface area (Å²) < 4.78 is 5.74. The minimum absolute atomic E-state index is 0.0446. The van der Waals surface area contributed by atoms with Gasteiger partial charge in [-0.3, -0.25) is 19.7 Å². The molecule has 2 heterocycles. The van der Waals surface area contributed by atoms with Gasteiger partial charge in [0.05, 0.1) is 10.8 Å². The number of anilines is 2. The van der Waals surface area contributed by atoms with Crippen LogP contribution in [0.5, 0.6) is 0 Å². The fourth-order valence-electron chi connectivity index (χ4n) is 3.07. The van der Waals surface area contributed by atoms with Gasteiger partial charge in [0.25, 0.3) is 5.91 Å². The van der Waals surface area contributed by atoms with Gasteiger partial charge in [-0.05, 0) is 44.2 Å². The zero-order chi connectivity index (χ0) is 24.9. The number of hydrogen-bond acceptors (Lipinski definition) is 9. The summed E-state index contributed by atoms with van der Waals surface area (Å²) in [7, 11) is 0. The Balaban J connectivity index is 1.36. The first-order valence-electron chi connectivity index (χ1n) is 10.2. The van der Waals surface area contributed by atoms with Crippen molar-refractivity contribution in [2.24, 2.45) is 0 Å². The molecule has 9 nitrogen and oxygen atoms in total. The molecule has 0 unspecified atom stereocenters. The standard InChI is InChI=1S/C23H18ClN5O4S2/c1-12(30)14-7-9-15(10-8-14)25-18(31)11-34-23-28-27-22(35-23)26-21(32)19-13(2)33-29-20(19)16-5-3-4-6-17(16)24/h3-10H,11H2,1-2H3,(H,25,31)(H,26,27,32). The molecule has 0 radical (unpaired) electrons. The first-order chi connectivity index (χ1) is 16.8. The first-order valence-corrected chi connectivity index (χ1v) is 12.4. The summed E-state index contributed by atoms with van der Waals surface area (Å²) >= 11 is 8.58. The number of carbonyl (C=O) groups is 3. The second-order valence-electron chi connectivity index (χ2n) is 7.24. The second-order valence-corrected chi connectivity index (χ2v) is 9.85. The van der Waals surface area contributed by atoms with Crippen LogP contribution in [-0.4, -0.2) is 38.7 Å². The van der Waals surface area contributed by atoms with E-state index in [0.29, 0.717) is 37.6 Å². The van der Waals surface area contributed by atoms with E-state index >= 15 is 0 Å². The predicted octanol–water partition coefficient (Wildman–Crippen LogP) is 5.34. The molecule has 0 aliphatic rings. The lowest BCUT2D eigenvalue weighted by molar-refractivity contribution is -0.113. The maximum Gasteiger partial charge on any atom is 0.263 e. The van der Waals surface area contributed by atoms with Crippen molar-refractivity contribution in [2.75, 3.05) is 16.4 Å². The number of aryl methyl sites for hydroxylation is 1. The highest BCUT2D eigenvalue weighted by atomic mass is 35.5. The van der Waals surface area contributed by atoms with Crippen molar-refractivity contribution in [1.29, 1.82) is 0 Å². The van der Waals surface area contributed by atoms with Crippen LogP contribution in [-0.2, 0) is 4.79 Å². The molecular weight excluding hydrogens is 510 g/mol. The van der Waals surface area contributed by atoms with Gasteiger partial charge in [0, 0.05) is 16.8 Å². The number of nitrogens with zero attached hydrogens (tertiary/aromatic N) is 3. The van der Waals surface area contributed by atoms with Crippen molar-refractivity contribution in [3.8, 4) is 11.3 Å². The summed E-state index contributed by atoms with van der Waals surface area (Å²) in [6.07, 6.45) is 0. The van der Waals surface area contributed by atoms with Crippen molar-refractivity contribution < 1.29 is 18.9 Å². The molecule has 4 aromatic rings. The Hall–Kier alpha value is -3.54. The zero-order valence-electron chi connectivity index (χ0n) is 18.5. The number of nitrogens with one attached hydrogen (secondary N) is 2. The Labute approximate surface area is 213 Å². The number of benzene rings is 2. The summed E-state index contributed by atoms with van der Waals surface area (Å²) in [5.41, 5.74) is 2.31. The van der Waals surface area contributed by atoms with Crippen LogP contribution in [0, 0.1) is 6.92 Å². The molecule has 35 heavy (non-hydrogen) atoms. The number of halogens is 1. The third-order valence-corrected chi connectivity index (χ3v) is 7.05. The van der Waals surface area contributed by atoms with Gasteiger partial charge in [-0.15, -0.1) is 10.2 Å². The smallest absolute Gasteiger partial charge is 0.263 e. The van der Waals surface area contributed by atoms with Gasteiger partial charge in [-0.25, -0.2) is 0 Å². The molecular formula is C23H18ClN5O4S2. The fourth-order valence-corrected chi connectivity index (χ4v) is 4.84. The number of hydrogen-bond donors (Lipinski definition) is 2. The van der Waals surface area contributed by atoms with E-state index in [4.69, 9.17) is 16.1 Å². The molecule has 0 atom stereocenters. The minimum atomic E-state index is -0.460. The number of rotatable bonds is 8. The Kier molecular flexibility index (Phi) is 7.59. The molecule has 2 aromatic carbocycles. The summed E-state index contributed by atoms with van der Waals surface area (Å²) in [5, 5.41) is 18.2. The Morgan fingerprint density at radius 3 is 2.51 bits per heavy atom. The van der Waals surface area contributed by atoms with Crippen molar-refractivity contribution in [2.45, 2.75) is 18.2 Å². The number of Topliss-reactive ketones (excluding diaryl/α,β-unsaturated/α-hetero) is 1. The summed E-state index contributed by atoms with van der Waals surface area (Å²) in [6.45, 7) is 3.12. The highest BCUT2D eigenvalue weighted by molar-refractivity contribution is 8.01. The minimum Gasteiger partial charge on any atom is -0.360 e. The van der Waals surface area contributed by atoms with Gasteiger partial charge in [0.15, 0.2) is 10.1 Å². The van der Waals surface area contributed by atoms with Gasteiger partial charge in [-0.1, -0.05) is 58.1 Å². The maximum absolute atomic E-state index is 12.9. The average Bonchev–Trinajstić information content (AvgIpc) is 3.44. The van der Waals surface area contributed by atoms with Gasteiger partial charge >= 0.3 is 0 Å². The first kappa shape index (κ1) is 24.6. The molecule has 0 fully saturated rings. The number of amides is 2. The van der Waals surface area contributed by atoms with E-state index in [1.165, 1.54) is 18.7 Å². The quantitative estimate of drug-likeness (QED) is 0.178. The molecule has 0 spiro atoms. The molecule has 2 N–H and O–H groups in total. The summed E-state index contributed by atoms with van der Waals surface area (Å²) in [4.78, 5) is 36.5. The summed E-state index contributed by atoms with van der Waals surface area (Å²) in [5.74, 6) is -0.311. The summed E-state index contributed by atoms with van der Waals surface area (Å²) in [6, 6.07) is 13.7. The van der Waals surface area contributed by atoms with Gasteiger partial charge in [-0.2, -0.15) is 0 Å². The number of ketones is 1. The van der Waals surface area contributed by atoms with Crippen LogP contribution >= 0.6 is 34.7 Å². The zero-order valence-corrected chi connectivity index (χ0v) is 20.9. The van der Waals surface area contributed by atoms with Crippen molar-refractivity contribution in [3.63, 3.8) is 0 Å². The molecule has 0 aliphatic carbocycles. The highest BCUT2D eigenvalue weighted by Gasteiger charge is 2.24. The van der Waals surface area contributed by atoms with E-state index < -0.39 is 5.91 Å². The van der Waals surface area contributed by atoms with Gasteiger partial charge in [0.1, 0.15) is 17.0 Å². The molecule has 0 bridgehead atoms. The number of carbonyl (C=O) groups excluding carboxylic acids is 3. The number of aromatic nitrogens is 3. The highest BCUT2D eigenvalue weighted by Crippen LogP contribution is 2.32. The van der Waals surface area contributed by atoms with Crippen LogP contribution in [0.2, 0.25) is 5.02 Å². The van der Waals surface area contributed by atoms with Crippen molar-refractivity contribution in [1.82, 2.24) is 15.4 Å². The van der Waals surface area contributed by atoms with E-state index in [2.05, 4.69) is 26.0 Å². The monoisotopic (exact) mass is 527 g/mol. The third-order valence-electron chi connectivity index (χ3n) is 4.75. The fraction of sp³-hybridized carbons (Fsp3) is 0.130. The topological polar surface area (TPSA) is 127 Å². The Morgan fingerprint density at radius 1 is 1.06 bits per heavy atom. The second kappa shape index (κ2) is 10.8. The van der Waals surface area contributed by atoms with E-state index in [1.54, 1.807) is 55.5 Å². The lowest BCUT2D eigenvalue weighted by Crippen LogP contribution is -2.14. The molecule has 0 saturated carbocycles. The third kappa shape index (κ3) is 5.94. The van der Waals surface area contributed by atoms with Crippen LogP contribution in [0.4, 0.5) is 10.8 Å². The van der Waals surface area contributed by atoms with Crippen molar-refractivity contribution in [3.05, 3.63) is 70.4 Å². The van der Waals surface area contributed by atoms with E-state index in [9.17, 15) is 14.4 Å². The molecule has 4 rings (SSSR count). The van der Waals surface area contributed by atoms with Crippen LogP contribution in [0.25, 0.3) is 11.3 Å². The molecule has 178 valence electrons. The van der Waals surface area contributed by atoms with Crippen molar-refractivity contribution >= 4 is 63.1 Å². The van der Waals surface area contributed by atoms with Crippen LogP contribution in [0.1, 0.15) is 33.4 Å². The van der Waals surface area contributed by atoms with Gasteiger partial charge < -0.3 is 9.84 Å². The molecule has 2 amide bonds. The Morgan fingerprint density at radius 2 is 1.80 bits per heavy atom. The maximum atomic E-state index is 12.9.